The lowest BCUT2D eigenvalue weighted by Crippen LogP contribution is -2.11. The average molecular weight is 469 g/mol. The average Bonchev–Trinajstić information content (AvgIpc) is 2.80. The molecule has 0 amide bonds. The molecule has 4 aromatic rings. The molecule has 0 bridgehead atoms. The molecule has 4 rings (SSSR count). The molecule has 0 saturated carbocycles. The van der Waals surface area contributed by atoms with E-state index in [0.29, 0.717) is 38.7 Å². The van der Waals surface area contributed by atoms with Crippen molar-refractivity contribution in [2.45, 2.75) is 13.5 Å². The van der Waals surface area contributed by atoms with Crippen LogP contribution in [0.1, 0.15) is 22.8 Å². The maximum atomic E-state index is 13.3. The Bertz CT molecular complexity index is 1340. The zero-order chi connectivity index (χ0) is 22.7. The quantitative estimate of drug-likeness (QED) is 0.301. The van der Waals surface area contributed by atoms with Crippen LogP contribution >= 0.6 is 23.2 Å². The summed E-state index contributed by atoms with van der Waals surface area (Å²) in [5.74, 6) is -0.131. The van der Waals surface area contributed by atoms with E-state index in [4.69, 9.17) is 37.1 Å². The summed E-state index contributed by atoms with van der Waals surface area (Å²) >= 11 is 12.4. The van der Waals surface area contributed by atoms with E-state index in [1.54, 1.807) is 73.7 Å². The Morgan fingerprint density at radius 2 is 1.75 bits per heavy atom. The summed E-state index contributed by atoms with van der Waals surface area (Å²) in [6.45, 7) is 2.13. The summed E-state index contributed by atoms with van der Waals surface area (Å²) in [4.78, 5) is 25.1. The summed E-state index contributed by atoms with van der Waals surface area (Å²) < 4.78 is 17.0. The van der Waals surface area contributed by atoms with Crippen molar-refractivity contribution in [2.75, 3.05) is 6.61 Å². The Morgan fingerprint density at radius 1 is 1.00 bits per heavy atom. The molecule has 0 atom stereocenters. The standard InChI is InChI=1S/C25H18Cl2O5/c1-2-30-25(29)16-9-7-15(8-10-16)14-31-24-22(28)19-13-17(26)11-12-21(19)32-23(24)18-5-3-4-6-20(18)27/h3-13H,2,14H2,1H3. The molecule has 162 valence electrons. The number of carbonyl (C=O) groups is 1. The summed E-state index contributed by atoms with van der Waals surface area (Å²) in [6.07, 6.45) is 0. The highest BCUT2D eigenvalue weighted by molar-refractivity contribution is 6.33. The highest BCUT2D eigenvalue weighted by Gasteiger charge is 2.20. The number of halogens is 2. The Labute approximate surface area is 194 Å². The minimum atomic E-state index is -0.395. The van der Waals surface area contributed by atoms with Crippen molar-refractivity contribution in [2.24, 2.45) is 0 Å². The SMILES string of the molecule is CCOC(=O)c1ccc(COc2c(-c3ccccc3Cl)oc3ccc(Cl)cc3c2=O)cc1. The number of hydrogen-bond donors (Lipinski definition) is 0. The molecule has 32 heavy (non-hydrogen) atoms. The van der Waals surface area contributed by atoms with E-state index >= 15 is 0 Å². The predicted octanol–water partition coefficient (Wildman–Crippen LogP) is 6.52. The van der Waals surface area contributed by atoms with E-state index in [0.717, 1.165) is 5.56 Å². The highest BCUT2D eigenvalue weighted by atomic mass is 35.5. The number of esters is 1. The van der Waals surface area contributed by atoms with E-state index in [1.165, 1.54) is 0 Å². The molecule has 0 fully saturated rings. The van der Waals surface area contributed by atoms with Crippen LogP contribution in [0, 0.1) is 0 Å². The first-order valence-electron chi connectivity index (χ1n) is 9.88. The molecule has 1 heterocycles. The van der Waals surface area contributed by atoms with Crippen molar-refractivity contribution < 1.29 is 18.7 Å². The van der Waals surface area contributed by atoms with Crippen LogP contribution < -0.4 is 10.2 Å². The smallest absolute Gasteiger partial charge is 0.338 e. The van der Waals surface area contributed by atoms with Crippen LogP contribution in [-0.2, 0) is 11.3 Å². The maximum Gasteiger partial charge on any atom is 0.338 e. The molecule has 0 N–H and O–H groups in total. The van der Waals surface area contributed by atoms with Gasteiger partial charge in [-0.05, 0) is 55.0 Å². The van der Waals surface area contributed by atoms with Crippen molar-refractivity contribution in [1.82, 2.24) is 0 Å². The highest BCUT2D eigenvalue weighted by Crippen LogP contribution is 2.36. The van der Waals surface area contributed by atoms with Crippen LogP contribution in [0.2, 0.25) is 10.0 Å². The number of carbonyl (C=O) groups excluding carboxylic acids is 1. The third kappa shape index (κ3) is 4.49. The van der Waals surface area contributed by atoms with Crippen LogP contribution in [-0.4, -0.2) is 12.6 Å². The van der Waals surface area contributed by atoms with Crippen LogP contribution in [0.4, 0.5) is 0 Å². The first-order valence-corrected chi connectivity index (χ1v) is 10.6. The Balaban J connectivity index is 1.73. The lowest BCUT2D eigenvalue weighted by atomic mass is 10.1. The number of ether oxygens (including phenoxy) is 2. The van der Waals surface area contributed by atoms with E-state index in [1.807, 2.05) is 0 Å². The molecular weight excluding hydrogens is 451 g/mol. The second-order valence-corrected chi connectivity index (χ2v) is 7.76. The number of rotatable bonds is 6. The topological polar surface area (TPSA) is 65.7 Å². The van der Waals surface area contributed by atoms with Gasteiger partial charge in [0.05, 0.1) is 22.6 Å². The summed E-state index contributed by atoms with van der Waals surface area (Å²) in [7, 11) is 0. The Morgan fingerprint density at radius 3 is 2.47 bits per heavy atom. The van der Waals surface area contributed by atoms with Crippen LogP contribution in [0.15, 0.2) is 75.9 Å². The van der Waals surface area contributed by atoms with Gasteiger partial charge in [-0.1, -0.05) is 47.5 Å². The second kappa shape index (κ2) is 9.47. The van der Waals surface area contributed by atoms with Gasteiger partial charge in [-0.2, -0.15) is 0 Å². The normalized spacial score (nSPS) is 10.8. The van der Waals surface area contributed by atoms with Gasteiger partial charge in [0.1, 0.15) is 12.2 Å². The molecule has 0 unspecified atom stereocenters. The third-order valence-corrected chi connectivity index (χ3v) is 5.34. The molecule has 0 spiro atoms. The first-order chi connectivity index (χ1) is 15.5. The van der Waals surface area contributed by atoms with E-state index in [-0.39, 0.29) is 23.5 Å². The molecule has 7 heteroatoms. The zero-order valence-corrected chi connectivity index (χ0v) is 18.6. The predicted molar refractivity (Wildman–Crippen MR) is 125 cm³/mol. The monoisotopic (exact) mass is 468 g/mol. The van der Waals surface area contributed by atoms with Crippen molar-refractivity contribution >= 4 is 40.1 Å². The Kier molecular flexibility index (Phi) is 6.49. The van der Waals surface area contributed by atoms with Gasteiger partial charge >= 0.3 is 5.97 Å². The van der Waals surface area contributed by atoms with E-state index in [2.05, 4.69) is 0 Å². The number of fused-ring (bicyclic) bond motifs is 1. The summed E-state index contributed by atoms with van der Waals surface area (Å²) in [6, 6.07) is 18.6. The minimum Gasteiger partial charge on any atom is -0.481 e. The number of benzene rings is 3. The lowest BCUT2D eigenvalue weighted by Gasteiger charge is -2.13. The zero-order valence-electron chi connectivity index (χ0n) is 17.1. The molecule has 0 saturated heterocycles. The third-order valence-electron chi connectivity index (χ3n) is 4.78. The molecule has 0 aliphatic heterocycles. The molecule has 3 aromatic carbocycles. The molecule has 0 radical (unpaired) electrons. The van der Waals surface area contributed by atoms with Gasteiger partial charge in [-0.15, -0.1) is 0 Å². The van der Waals surface area contributed by atoms with Crippen molar-refractivity contribution in [3.8, 4) is 17.1 Å². The van der Waals surface area contributed by atoms with Crippen molar-refractivity contribution in [3.63, 3.8) is 0 Å². The van der Waals surface area contributed by atoms with Gasteiger partial charge in [0.15, 0.2) is 5.76 Å². The van der Waals surface area contributed by atoms with Gasteiger partial charge in [0.2, 0.25) is 11.2 Å². The molecule has 0 aliphatic carbocycles. The van der Waals surface area contributed by atoms with Crippen LogP contribution in [0.3, 0.4) is 0 Å². The fourth-order valence-corrected chi connectivity index (χ4v) is 3.60. The molecule has 1 aromatic heterocycles. The Hall–Kier alpha value is -3.28. The van der Waals surface area contributed by atoms with E-state index in [9.17, 15) is 9.59 Å². The first kappa shape index (κ1) is 21.9. The fourth-order valence-electron chi connectivity index (χ4n) is 3.21. The summed E-state index contributed by atoms with van der Waals surface area (Å²) in [5.41, 5.74) is 1.75. The fraction of sp³-hybridized carbons (Fsp3) is 0.120. The maximum absolute atomic E-state index is 13.3. The largest absolute Gasteiger partial charge is 0.481 e. The van der Waals surface area contributed by atoms with Crippen LogP contribution in [0.5, 0.6) is 5.75 Å². The molecular formula is C25H18Cl2O5. The minimum absolute atomic E-state index is 0.0299. The molecule has 5 nitrogen and oxygen atoms in total. The van der Waals surface area contributed by atoms with Gasteiger partial charge in [-0.25, -0.2) is 4.79 Å². The second-order valence-electron chi connectivity index (χ2n) is 6.92. The van der Waals surface area contributed by atoms with Crippen molar-refractivity contribution in [1.29, 1.82) is 0 Å². The van der Waals surface area contributed by atoms with Gasteiger partial charge in [-0.3, -0.25) is 4.79 Å². The van der Waals surface area contributed by atoms with Crippen LogP contribution in [0.25, 0.3) is 22.3 Å². The van der Waals surface area contributed by atoms with Crippen molar-refractivity contribution in [3.05, 3.63) is 98.1 Å². The van der Waals surface area contributed by atoms with Gasteiger partial charge in [0, 0.05) is 10.6 Å². The van der Waals surface area contributed by atoms with Gasteiger partial charge in [0.25, 0.3) is 0 Å². The molecule has 0 aliphatic rings. The lowest BCUT2D eigenvalue weighted by molar-refractivity contribution is 0.0526. The summed E-state index contributed by atoms with van der Waals surface area (Å²) in [5, 5.41) is 1.14. The van der Waals surface area contributed by atoms with E-state index < -0.39 is 5.97 Å². The number of hydrogen-bond acceptors (Lipinski definition) is 5. The van der Waals surface area contributed by atoms with Gasteiger partial charge < -0.3 is 13.9 Å².